The molecular formula is C17H22F3N3O8. The number of alkyl halides is 3. The number of hydrogen-bond donors (Lipinski definition) is 6. The van der Waals surface area contributed by atoms with Gasteiger partial charge >= 0.3 is 18.1 Å². The Hall–Kier alpha value is -3.23. The zero-order valence-electron chi connectivity index (χ0n) is 16.0. The highest BCUT2D eigenvalue weighted by atomic mass is 19.4. The molecule has 0 aliphatic heterocycles. The van der Waals surface area contributed by atoms with Crippen molar-refractivity contribution in [2.45, 2.75) is 24.9 Å². The summed E-state index contributed by atoms with van der Waals surface area (Å²) in [6.45, 7) is -1.75. The Morgan fingerprint density at radius 2 is 1.52 bits per heavy atom. The number of benzene rings is 1. The highest BCUT2D eigenvalue weighted by Crippen LogP contribution is 2.13. The molecule has 1 aromatic rings. The van der Waals surface area contributed by atoms with Gasteiger partial charge in [-0.1, -0.05) is 30.3 Å². The first kappa shape index (κ1) is 27.8. The summed E-state index contributed by atoms with van der Waals surface area (Å²) < 4.78 is 36.8. The number of esters is 1. The molecule has 31 heavy (non-hydrogen) atoms. The van der Waals surface area contributed by atoms with Crippen LogP contribution < -0.4 is 16.4 Å². The summed E-state index contributed by atoms with van der Waals surface area (Å²) in [6, 6.07) is 6.28. The van der Waals surface area contributed by atoms with Crippen LogP contribution in [0.2, 0.25) is 0 Å². The van der Waals surface area contributed by atoms with Crippen molar-refractivity contribution in [3.05, 3.63) is 35.9 Å². The third kappa shape index (κ3) is 11.5. The Morgan fingerprint density at radius 3 is 1.94 bits per heavy atom. The molecule has 0 spiro atoms. The van der Waals surface area contributed by atoms with Crippen LogP contribution in [0, 0.1) is 0 Å². The van der Waals surface area contributed by atoms with Gasteiger partial charge in [-0.05, 0) is 5.56 Å². The van der Waals surface area contributed by atoms with Gasteiger partial charge in [0.15, 0.2) is 6.04 Å². The first-order chi connectivity index (χ1) is 14.5. The van der Waals surface area contributed by atoms with Crippen molar-refractivity contribution in [3.63, 3.8) is 0 Å². The molecule has 0 fully saturated rings. The van der Waals surface area contributed by atoms with Gasteiger partial charge in [-0.25, -0.2) is 9.59 Å². The minimum Gasteiger partial charge on any atom is -0.475 e. The zero-order valence-corrected chi connectivity index (χ0v) is 16.0. The van der Waals surface area contributed by atoms with Gasteiger partial charge in [0.1, 0.15) is 12.6 Å². The number of carboxylic acid groups (broad SMARTS) is 1. The van der Waals surface area contributed by atoms with Crippen LogP contribution in [-0.4, -0.2) is 77.1 Å². The van der Waals surface area contributed by atoms with Crippen LogP contribution in [0.15, 0.2) is 30.3 Å². The quantitative estimate of drug-likeness (QED) is 0.236. The molecule has 7 N–H and O–H groups in total. The fourth-order valence-corrected chi connectivity index (χ4v) is 1.73. The number of nitrogens with two attached hydrogens (primary N) is 1. The molecule has 0 radical (unpaired) electrons. The van der Waals surface area contributed by atoms with E-state index in [1.807, 2.05) is 6.07 Å². The highest BCUT2D eigenvalue weighted by molar-refractivity contribution is 5.91. The van der Waals surface area contributed by atoms with Gasteiger partial charge in [0, 0.05) is 0 Å². The second-order valence-electron chi connectivity index (χ2n) is 5.65. The maximum absolute atomic E-state index is 11.9. The molecule has 2 amide bonds. The number of halogens is 3. The summed E-state index contributed by atoms with van der Waals surface area (Å²) in [5, 5.41) is 29.9. The van der Waals surface area contributed by atoms with E-state index in [1.54, 1.807) is 24.3 Å². The van der Waals surface area contributed by atoms with Gasteiger partial charge < -0.3 is 36.4 Å². The lowest BCUT2D eigenvalue weighted by atomic mass is 10.2. The second kappa shape index (κ2) is 13.9. The third-order valence-corrected chi connectivity index (χ3v) is 3.27. The normalized spacial score (nSPS) is 12.5. The Kier molecular flexibility index (Phi) is 12.4. The largest absolute Gasteiger partial charge is 0.490 e. The van der Waals surface area contributed by atoms with Gasteiger partial charge in [0.05, 0.1) is 19.8 Å². The third-order valence-electron chi connectivity index (χ3n) is 3.27. The van der Waals surface area contributed by atoms with Crippen molar-refractivity contribution < 1.29 is 52.4 Å². The molecule has 11 nitrogen and oxygen atoms in total. The lowest BCUT2D eigenvalue weighted by Gasteiger charge is -2.20. The molecule has 0 aliphatic rings. The van der Waals surface area contributed by atoms with Gasteiger partial charge in [0.25, 0.3) is 0 Å². The second-order valence-corrected chi connectivity index (χ2v) is 5.65. The molecule has 14 heteroatoms. The number of hydrogen-bond acceptors (Lipinski definition) is 8. The van der Waals surface area contributed by atoms with E-state index in [0.29, 0.717) is 0 Å². The lowest BCUT2D eigenvalue weighted by Crippen LogP contribution is -2.55. The Bertz CT molecular complexity index is 731. The molecular weight excluding hydrogens is 431 g/mol. The van der Waals surface area contributed by atoms with E-state index >= 15 is 0 Å². The molecule has 0 bridgehead atoms. The Balaban J connectivity index is 0.00000110. The Labute approximate surface area is 174 Å². The summed E-state index contributed by atoms with van der Waals surface area (Å²) in [6.07, 6.45) is -5.08. The van der Waals surface area contributed by atoms with Crippen LogP contribution in [-0.2, 0) is 30.5 Å². The fraction of sp³-hybridized carbons (Fsp3) is 0.412. The number of aliphatic carboxylic acids is 1. The first-order valence-electron chi connectivity index (χ1n) is 8.48. The molecule has 1 rings (SSSR count). The number of ether oxygens (including phenoxy) is 1. The summed E-state index contributed by atoms with van der Waals surface area (Å²) in [4.78, 5) is 43.9. The maximum Gasteiger partial charge on any atom is 0.490 e. The Morgan fingerprint density at radius 1 is 1.00 bits per heavy atom. The van der Waals surface area contributed by atoms with Crippen LogP contribution in [0.25, 0.3) is 0 Å². The zero-order chi connectivity index (χ0) is 24.0. The van der Waals surface area contributed by atoms with Gasteiger partial charge in [0.2, 0.25) is 11.8 Å². The van der Waals surface area contributed by atoms with Gasteiger partial charge in [-0.3, -0.25) is 9.59 Å². The van der Waals surface area contributed by atoms with Crippen molar-refractivity contribution in [2.75, 3.05) is 19.8 Å². The molecule has 2 unspecified atom stereocenters. The van der Waals surface area contributed by atoms with Crippen LogP contribution in [0.5, 0.6) is 0 Å². The van der Waals surface area contributed by atoms with Crippen molar-refractivity contribution >= 4 is 23.8 Å². The summed E-state index contributed by atoms with van der Waals surface area (Å²) in [7, 11) is 0. The number of nitrogens with one attached hydrogen (secondary N) is 2. The van der Waals surface area contributed by atoms with Crippen molar-refractivity contribution in [3.8, 4) is 0 Å². The van der Waals surface area contributed by atoms with Gasteiger partial charge in [-0.2, -0.15) is 13.2 Å². The van der Waals surface area contributed by atoms with E-state index in [-0.39, 0.29) is 13.2 Å². The van der Waals surface area contributed by atoms with E-state index in [1.165, 1.54) is 0 Å². The van der Waals surface area contributed by atoms with Crippen LogP contribution in [0.4, 0.5) is 13.2 Å². The number of carboxylic acids is 1. The molecule has 174 valence electrons. The number of carbonyl (C=O) groups is 4. The van der Waals surface area contributed by atoms with Crippen molar-refractivity contribution in [1.82, 2.24) is 10.6 Å². The van der Waals surface area contributed by atoms with Crippen LogP contribution in [0.1, 0.15) is 5.56 Å². The van der Waals surface area contributed by atoms with E-state index in [0.717, 1.165) is 5.56 Å². The van der Waals surface area contributed by atoms with Crippen molar-refractivity contribution in [1.29, 1.82) is 0 Å². The molecule has 0 heterocycles. The smallest absolute Gasteiger partial charge is 0.475 e. The molecule has 1 aromatic carbocycles. The van der Waals surface area contributed by atoms with E-state index in [9.17, 15) is 32.7 Å². The molecule has 0 aromatic heterocycles. The number of amides is 2. The van der Waals surface area contributed by atoms with E-state index in [4.69, 9.17) is 25.5 Å². The monoisotopic (exact) mass is 453 g/mol. The summed E-state index contributed by atoms with van der Waals surface area (Å²) in [5.74, 6) is -5.07. The molecule has 2 atom stereocenters. The number of carbonyl (C=O) groups excluding carboxylic acids is 3. The first-order valence-corrected chi connectivity index (χ1v) is 8.48. The van der Waals surface area contributed by atoms with E-state index < -0.39 is 55.2 Å². The fourth-order valence-electron chi connectivity index (χ4n) is 1.73. The van der Waals surface area contributed by atoms with Crippen molar-refractivity contribution in [2.24, 2.45) is 5.73 Å². The topological polar surface area (TPSA) is 188 Å². The SMILES string of the molecule is NCC(=O)NC(CO)C(=O)NC(CO)C(=O)OCc1ccccc1.O=C(O)C(F)(F)F. The summed E-state index contributed by atoms with van der Waals surface area (Å²) in [5.41, 5.74) is 5.85. The lowest BCUT2D eigenvalue weighted by molar-refractivity contribution is -0.192. The minimum atomic E-state index is -5.08. The van der Waals surface area contributed by atoms with E-state index in [2.05, 4.69) is 10.6 Å². The highest BCUT2D eigenvalue weighted by Gasteiger charge is 2.38. The predicted octanol–water partition coefficient (Wildman–Crippen LogP) is -1.72. The number of aliphatic hydroxyl groups excluding tert-OH is 2. The van der Waals surface area contributed by atoms with Gasteiger partial charge in [-0.15, -0.1) is 0 Å². The molecule has 0 saturated carbocycles. The predicted molar refractivity (Wildman–Crippen MR) is 97.0 cm³/mol. The number of rotatable bonds is 9. The molecule has 0 saturated heterocycles. The molecule has 0 aliphatic carbocycles. The minimum absolute atomic E-state index is 0.0145. The average molecular weight is 453 g/mol. The standard InChI is InChI=1S/C15H21N3O6.C2HF3O2/c16-6-13(21)17-11(7-19)14(22)18-12(8-20)15(23)24-9-10-4-2-1-3-5-10;3-2(4,5)1(6)7/h1-5,11-12,19-20H,6-9,16H2,(H,17,21)(H,18,22);(H,6,7). The summed E-state index contributed by atoms with van der Waals surface area (Å²) >= 11 is 0. The maximum atomic E-state index is 11.9. The van der Waals surface area contributed by atoms with Crippen LogP contribution >= 0.6 is 0 Å². The number of aliphatic hydroxyl groups is 2. The average Bonchev–Trinajstić information content (AvgIpc) is 2.74. The van der Waals surface area contributed by atoms with Crippen LogP contribution in [0.3, 0.4) is 0 Å².